The minimum Gasteiger partial charge on any atom is -0.381 e. The molecule has 0 aromatic carbocycles. The van der Waals surface area contributed by atoms with Gasteiger partial charge in [0.2, 0.25) is 0 Å². The Morgan fingerprint density at radius 2 is 2.17 bits per heavy atom. The topological polar surface area (TPSA) is 36.3 Å². The lowest BCUT2D eigenvalue weighted by Crippen LogP contribution is -2.44. The van der Waals surface area contributed by atoms with E-state index in [-0.39, 0.29) is 5.60 Å². The molecule has 2 aliphatic rings. The fraction of sp³-hybridized carbons (Fsp3) is 0.769. The summed E-state index contributed by atoms with van der Waals surface area (Å²) in [7, 11) is 0. The predicted octanol–water partition coefficient (Wildman–Crippen LogP) is 2.70. The first-order valence-corrected chi connectivity index (χ1v) is 7.69. The van der Waals surface area contributed by atoms with Crippen molar-refractivity contribution in [3.8, 4) is 0 Å². The monoisotopic (exact) mass is 362 g/mol. The number of rotatable bonds is 1. The van der Waals surface area contributed by atoms with Crippen molar-refractivity contribution in [2.45, 2.75) is 44.2 Å². The quantitative estimate of drug-likeness (QED) is 0.721. The van der Waals surface area contributed by atoms with E-state index in [0.29, 0.717) is 6.04 Å². The van der Waals surface area contributed by atoms with Crippen LogP contribution in [-0.2, 0) is 9.47 Å². The van der Waals surface area contributed by atoms with E-state index < -0.39 is 0 Å². The normalized spacial score (nSPS) is 27.6. The Morgan fingerprint density at radius 1 is 1.39 bits per heavy atom. The Morgan fingerprint density at radius 3 is 2.83 bits per heavy atom. The Hall–Kier alpha value is -0.140. The summed E-state index contributed by atoms with van der Waals surface area (Å²) >= 11 is 2.30. The van der Waals surface area contributed by atoms with Crippen LogP contribution in [0.5, 0.6) is 0 Å². The van der Waals surface area contributed by atoms with Crippen molar-refractivity contribution in [3.63, 3.8) is 0 Å². The molecule has 1 spiro atoms. The van der Waals surface area contributed by atoms with Crippen LogP contribution < -0.4 is 0 Å². The summed E-state index contributed by atoms with van der Waals surface area (Å²) in [5.41, 5.74) is 1.31. The highest BCUT2D eigenvalue weighted by molar-refractivity contribution is 14.1. The highest BCUT2D eigenvalue weighted by atomic mass is 127. The van der Waals surface area contributed by atoms with Gasteiger partial charge in [-0.3, -0.25) is 4.68 Å². The largest absolute Gasteiger partial charge is 0.381 e. The van der Waals surface area contributed by atoms with Crippen LogP contribution in [0.2, 0.25) is 0 Å². The van der Waals surface area contributed by atoms with E-state index in [9.17, 15) is 0 Å². The Labute approximate surface area is 121 Å². The van der Waals surface area contributed by atoms with Gasteiger partial charge >= 0.3 is 0 Å². The van der Waals surface area contributed by atoms with Gasteiger partial charge in [0, 0.05) is 31.6 Å². The number of nitrogens with zero attached hydrogens (tertiary/aromatic N) is 2. The number of hydrogen-bond acceptors (Lipinski definition) is 3. The molecule has 4 nitrogen and oxygen atoms in total. The molecule has 0 amide bonds. The molecule has 3 heterocycles. The summed E-state index contributed by atoms with van der Waals surface area (Å²) in [5.74, 6) is 0. The zero-order chi connectivity index (χ0) is 12.6. The molecule has 18 heavy (non-hydrogen) atoms. The van der Waals surface area contributed by atoms with Crippen molar-refractivity contribution in [1.29, 1.82) is 0 Å². The molecular formula is C13H19IN2O2. The molecular weight excluding hydrogens is 343 g/mol. The van der Waals surface area contributed by atoms with Gasteiger partial charge in [0.25, 0.3) is 0 Å². The van der Waals surface area contributed by atoms with Crippen molar-refractivity contribution in [2.75, 3.05) is 19.8 Å². The summed E-state index contributed by atoms with van der Waals surface area (Å²) < 4.78 is 14.8. The average molecular weight is 362 g/mol. The van der Waals surface area contributed by atoms with Gasteiger partial charge in [0.05, 0.1) is 11.6 Å². The molecule has 1 atom stereocenters. The third-order valence-electron chi connectivity index (χ3n) is 4.10. The van der Waals surface area contributed by atoms with Gasteiger partial charge in [-0.2, -0.15) is 5.10 Å². The van der Waals surface area contributed by atoms with Crippen molar-refractivity contribution >= 4 is 22.6 Å². The van der Waals surface area contributed by atoms with Gasteiger partial charge < -0.3 is 9.47 Å². The van der Waals surface area contributed by atoms with Gasteiger partial charge in [-0.05, 0) is 55.2 Å². The SMILES string of the molecule is Cc1cn(C2CCOC3(CCOCC3)C2)nc1I. The molecule has 2 saturated heterocycles. The molecule has 0 bridgehead atoms. The first kappa shape index (κ1) is 12.9. The van der Waals surface area contributed by atoms with E-state index in [1.54, 1.807) is 0 Å². The molecule has 0 saturated carbocycles. The van der Waals surface area contributed by atoms with Crippen LogP contribution >= 0.6 is 22.6 Å². The van der Waals surface area contributed by atoms with Gasteiger partial charge in [-0.1, -0.05) is 0 Å². The number of ether oxygens (including phenoxy) is 2. The predicted molar refractivity (Wildman–Crippen MR) is 76.7 cm³/mol. The molecule has 1 aromatic rings. The third-order valence-corrected chi connectivity index (χ3v) is 5.17. The van der Waals surface area contributed by atoms with E-state index in [2.05, 4.69) is 45.5 Å². The van der Waals surface area contributed by atoms with Crippen LogP contribution in [0.25, 0.3) is 0 Å². The molecule has 5 heteroatoms. The minimum atomic E-state index is 0.0481. The van der Waals surface area contributed by atoms with Crippen LogP contribution in [0.1, 0.15) is 37.3 Å². The molecule has 2 fully saturated rings. The third kappa shape index (κ3) is 2.44. The van der Waals surface area contributed by atoms with Crippen LogP contribution in [0.3, 0.4) is 0 Å². The maximum Gasteiger partial charge on any atom is 0.126 e. The van der Waals surface area contributed by atoms with E-state index in [1.807, 2.05) is 0 Å². The lowest BCUT2D eigenvalue weighted by atomic mass is 9.84. The smallest absolute Gasteiger partial charge is 0.126 e. The second kappa shape index (κ2) is 5.09. The van der Waals surface area contributed by atoms with E-state index >= 15 is 0 Å². The molecule has 0 aliphatic carbocycles. The van der Waals surface area contributed by atoms with Crippen molar-refractivity contribution in [3.05, 3.63) is 15.5 Å². The standard InChI is InChI=1S/C13H19IN2O2/c1-10-9-16(15-12(10)14)11-2-5-18-13(8-11)3-6-17-7-4-13/h9,11H,2-8H2,1H3. The number of aryl methyl sites for hydroxylation is 1. The van der Waals surface area contributed by atoms with Gasteiger partial charge in [0.15, 0.2) is 0 Å². The fourth-order valence-electron chi connectivity index (χ4n) is 2.97. The first-order chi connectivity index (χ1) is 8.69. The maximum atomic E-state index is 6.07. The Bertz CT molecular complexity index is 402. The number of halogens is 1. The zero-order valence-electron chi connectivity index (χ0n) is 10.7. The van der Waals surface area contributed by atoms with Crippen molar-refractivity contribution in [1.82, 2.24) is 9.78 Å². The molecule has 0 N–H and O–H groups in total. The highest BCUT2D eigenvalue weighted by Crippen LogP contribution is 2.39. The molecule has 1 aromatic heterocycles. The van der Waals surface area contributed by atoms with Crippen LogP contribution in [0.15, 0.2) is 6.20 Å². The van der Waals surface area contributed by atoms with Gasteiger partial charge in [-0.25, -0.2) is 0 Å². The minimum absolute atomic E-state index is 0.0481. The second-order valence-electron chi connectivity index (χ2n) is 5.37. The number of aromatic nitrogens is 2. The first-order valence-electron chi connectivity index (χ1n) is 6.61. The van der Waals surface area contributed by atoms with Crippen molar-refractivity contribution in [2.24, 2.45) is 0 Å². The van der Waals surface area contributed by atoms with E-state index in [4.69, 9.17) is 9.47 Å². The average Bonchev–Trinajstić information content (AvgIpc) is 2.71. The summed E-state index contributed by atoms with van der Waals surface area (Å²) in [4.78, 5) is 0. The zero-order valence-corrected chi connectivity index (χ0v) is 12.9. The van der Waals surface area contributed by atoms with Crippen molar-refractivity contribution < 1.29 is 9.47 Å². The number of hydrogen-bond donors (Lipinski definition) is 0. The molecule has 100 valence electrons. The van der Waals surface area contributed by atoms with Gasteiger partial charge in [-0.15, -0.1) is 0 Å². The highest BCUT2D eigenvalue weighted by Gasteiger charge is 2.39. The fourth-order valence-corrected chi connectivity index (χ4v) is 3.36. The second-order valence-corrected chi connectivity index (χ2v) is 6.40. The van der Waals surface area contributed by atoms with Gasteiger partial charge in [0.1, 0.15) is 3.70 Å². The molecule has 2 aliphatic heterocycles. The van der Waals surface area contributed by atoms with E-state index in [1.165, 1.54) is 5.56 Å². The van der Waals surface area contributed by atoms with Crippen LogP contribution in [0.4, 0.5) is 0 Å². The summed E-state index contributed by atoms with van der Waals surface area (Å²) in [6.45, 7) is 4.64. The van der Waals surface area contributed by atoms with E-state index in [0.717, 1.165) is 49.2 Å². The summed E-state index contributed by atoms with van der Waals surface area (Å²) in [6, 6.07) is 0.485. The maximum absolute atomic E-state index is 6.07. The van der Waals surface area contributed by atoms with Crippen LogP contribution in [0, 0.1) is 10.6 Å². The Kier molecular flexibility index (Phi) is 3.64. The molecule has 1 unspecified atom stereocenters. The summed E-state index contributed by atoms with van der Waals surface area (Å²) in [6.07, 6.45) is 6.37. The van der Waals surface area contributed by atoms with Crippen LogP contribution in [-0.4, -0.2) is 35.2 Å². The molecule has 3 rings (SSSR count). The molecule has 0 radical (unpaired) electrons. The Balaban J connectivity index is 1.77. The lowest BCUT2D eigenvalue weighted by Gasteiger charge is -2.43. The lowest BCUT2D eigenvalue weighted by molar-refractivity contribution is -0.145. The summed E-state index contributed by atoms with van der Waals surface area (Å²) in [5, 5.41) is 4.63.